The van der Waals surface area contributed by atoms with Crippen molar-refractivity contribution in [1.82, 2.24) is 9.55 Å². The molecule has 0 amide bonds. The molecule has 0 saturated carbocycles. The third-order valence-electron chi connectivity index (χ3n) is 5.04. The second-order valence-electron chi connectivity index (χ2n) is 6.75. The number of fused-ring (bicyclic) bond motifs is 1. The third kappa shape index (κ3) is 3.23. The minimum absolute atomic E-state index is 0.214. The average Bonchev–Trinajstić information content (AvgIpc) is 3.12. The molecule has 0 unspecified atom stereocenters. The van der Waals surface area contributed by atoms with E-state index in [-0.39, 0.29) is 4.90 Å². The Kier molecular flexibility index (Phi) is 4.74. The molecule has 0 aliphatic rings. The minimum Gasteiger partial charge on any atom is -0.373 e. The summed E-state index contributed by atoms with van der Waals surface area (Å²) >= 11 is 0. The molecule has 0 bridgehead atoms. The van der Waals surface area contributed by atoms with E-state index in [9.17, 15) is 18.1 Å². The van der Waals surface area contributed by atoms with Crippen LogP contribution in [0.15, 0.2) is 83.8 Å². The van der Waals surface area contributed by atoms with Crippen LogP contribution in [0.1, 0.15) is 23.9 Å². The molecule has 4 rings (SSSR count). The van der Waals surface area contributed by atoms with Gasteiger partial charge in [-0.2, -0.15) is 8.42 Å². The summed E-state index contributed by atoms with van der Waals surface area (Å²) in [4.78, 5) is 4.45. The number of nitrogens with zero attached hydrogens (tertiary/aromatic N) is 2. The predicted octanol–water partition coefficient (Wildman–Crippen LogP) is 3.59. The molecule has 0 saturated heterocycles. The largest absolute Gasteiger partial charge is 0.373 e. The smallest absolute Gasteiger partial charge is 0.294 e. The van der Waals surface area contributed by atoms with Crippen molar-refractivity contribution in [2.75, 3.05) is 0 Å². The van der Waals surface area contributed by atoms with E-state index < -0.39 is 15.7 Å². The van der Waals surface area contributed by atoms with Gasteiger partial charge in [-0.15, -0.1) is 0 Å². The molecule has 0 fully saturated rings. The summed E-state index contributed by atoms with van der Waals surface area (Å²) in [5.41, 5.74) is 0.787. The highest BCUT2D eigenvalue weighted by molar-refractivity contribution is 7.85. The van der Waals surface area contributed by atoms with Gasteiger partial charge in [0.2, 0.25) is 0 Å². The second kappa shape index (κ2) is 7.11. The molecule has 0 aliphatic heterocycles. The second-order valence-corrected chi connectivity index (χ2v) is 8.17. The van der Waals surface area contributed by atoms with Crippen LogP contribution in [-0.4, -0.2) is 27.6 Å². The summed E-state index contributed by atoms with van der Waals surface area (Å²) in [5, 5.41) is 12.0. The van der Waals surface area contributed by atoms with Gasteiger partial charge >= 0.3 is 0 Å². The SMILES string of the molecule is CCn1c(C(O)(c2ccccc2)c2ccccc2)nc2ccc(S(=O)(=O)O)cc21. The summed E-state index contributed by atoms with van der Waals surface area (Å²) < 4.78 is 34.4. The number of aliphatic hydroxyl groups is 1. The van der Waals surface area contributed by atoms with Gasteiger partial charge in [-0.1, -0.05) is 60.7 Å². The highest BCUT2D eigenvalue weighted by Crippen LogP contribution is 2.37. The molecule has 29 heavy (non-hydrogen) atoms. The Hall–Kier alpha value is -3.00. The zero-order valence-corrected chi connectivity index (χ0v) is 16.5. The Labute approximate surface area is 168 Å². The van der Waals surface area contributed by atoms with Crippen LogP contribution in [-0.2, 0) is 22.3 Å². The highest BCUT2D eigenvalue weighted by Gasteiger charge is 2.38. The predicted molar refractivity (Wildman–Crippen MR) is 110 cm³/mol. The molecule has 6 nitrogen and oxygen atoms in total. The normalized spacial score (nSPS) is 12.4. The molecule has 0 aliphatic carbocycles. The average molecular weight is 408 g/mol. The van der Waals surface area contributed by atoms with Crippen LogP contribution in [0.3, 0.4) is 0 Å². The van der Waals surface area contributed by atoms with Gasteiger partial charge in [0.1, 0.15) is 0 Å². The summed E-state index contributed by atoms with van der Waals surface area (Å²) in [5.74, 6) is 0.375. The fourth-order valence-electron chi connectivity index (χ4n) is 3.64. The van der Waals surface area contributed by atoms with Gasteiger partial charge in [-0.25, -0.2) is 4.98 Å². The highest BCUT2D eigenvalue weighted by atomic mass is 32.2. The first kappa shape index (κ1) is 19.3. The lowest BCUT2D eigenvalue weighted by molar-refractivity contribution is 0.112. The monoisotopic (exact) mass is 408 g/mol. The van der Waals surface area contributed by atoms with E-state index in [2.05, 4.69) is 4.98 Å². The topological polar surface area (TPSA) is 92.4 Å². The molecule has 0 spiro atoms. The molecule has 1 heterocycles. The fourth-order valence-corrected chi connectivity index (χ4v) is 4.14. The van der Waals surface area contributed by atoms with Crippen LogP contribution in [0.25, 0.3) is 11.0 Å². The molecule has 0 atom stereocenters. The summed E-state index contributed by atoms with van der Waals surface area (Å²) in [6.45, 7) is 2.34. The Morgan fingerprint density at radius 2 is 1.48 bits per heavy atom. The Morgan fingerprint density at radius 1 is 0.931 bits per heavy atom. The first-order valence-corrected chi connectivity index (χ1v) is 10.6. The first-order chi connectivity index (χ1) is 13.9. The van der Waals surface area contributed by atoms with E-state index in [0.717, 1.165) is 0 Å². The molecule has 0 radical (unpaired) electrons. The number of hydrogen-bond acceptors (Lipinski definition) is 4. The van der Waals surface area contributed by atoms with E-state index in [4.69, 9.17) is 0 Å². The van der Waals surface area contributed by atoms with Crippen LogP contribution in [0.2, 0.25) is 0 Å². The van der Waals surface area contributed by atoms with Gasteiger partial charge in [-0.3, -0.25) is 4.55 Å². The molecular weight excluding hydrogens is 388 g/mol. The summed E-state index contributed by atoms with van der Waals surface area (Å²) in [6, 6.07) is 22.7. The van der Waals surface area contributed by atoms with Gasteiger partial charge in [-0.05, 0) is 36.2 Å². The number of rotatable bonds is 5. The van der Waals surface area contributed by atoms with Crippen molar-refractivity contribution in [3.8, 4) is 0 Å². The van der Waals surface area contributed by atoms with Gasteiger partial charge < -0.3 is 9.67 Å². The van der Waals surface area contributed by atoms with Crippen LogP contribution in [0.5, 0.6) is 0 Å². The maximum absolute atomic E-state index is 12.0. The molecule has 1 aromatic heterocycles. The van der Waals surface area contributed by atoms with E-state index in [1.54, 1.807) is 4.57 Å². The molecule has 7 heteroatoms. The van der Waals surface area contributed by atoms with E-state index in [1.165, 1.54) is 18.2 Å². The molecule has 4 aromatic rings. The van der Waals surface area contributed by atoms with Crippen LogP contribution < -0.4 is 0 Å². The zero-order chi connectivity index (χ0) is 20.6. The lowest BCUT2D eigenvalue weighted by Crippen LogP contribution is -2.32. The van der Waals surface area contributed by atoms with Crippen LogP contribution >= 0.6 is 0 Å². The van der Waals surface area contributed by atoms with Crippen molar-refractivity contribution < 1.29 is 18.1 Å². The number of hydrogen-bond donors (Lipinski definition) is 2. The van der Waals surface area contributed by atoms with Crippen LogP contribution in [0, 0.1) is 0 Å². The molecule has 3 aromatic carbocycles. The summed E-state index contributed by atoms with van der Waals surface area (Å²) in [7, 11) is -4.35. The number of aryl methyl sites for hydroxylation is 1. The first-order valence-electron chi connectivity index (χ1n) is 9.17. The maximum atomic E-state index is 12.0. The van der Waals surface area contributed by atoms with Crippen molar-refractivity contribution in [2.45, 2.75) is 24.0 Å². The van der Waals surface area contributed by atoms with Gasteiger partial charge in [0.15, 0.2) is 11.4 Å². The third-order valence-corrected chi connectivity index (χ3v) is 5.89. The quantitative estimate of drug-likeness (QED) is 0.493. The van der Waals surface area contributed by atoms with Crippen molar-refractivity contribution in [1.29, 1.82) is 0 Å². The lowest BCUT2D eigenvalue weighted by atomic mass is 9.85. The van der Waals surface area contributed by atoms with E-state index in [0.29, 0.717) is 34.5 Å². The zero-order valence-electron chi connectivity index (χ0n) is 15.7. The lowest BCUT2D eigenvalue weighted by Gasteiger charge is -2.29. The minimum atomic E-state index is -4.35. The van der Waals surface area contributed by atoms with Crippen molar-refractivity contribution >= 4 is 21.2 Å². The Balaban J connectivity index is 2.06. The van der Waals surface area contributed by atoms with Crippen molar-refractivity contribution in [3.05, 3.63) is 95.8 Å². The summed E-state index contributed by atoms with van der Waals surface area (Å²) in [6.07, 6.45) is 0. The number of benzene rings is 3. The van der Waals surface area contributed by atoms with Gasteiger partial charge in [0.25, 0.3) is 10.1 Å². The van der Waals surface area contributed by atoms with E-state index >= 15 is 0 Å². The molecular formula is C22H20N2O4S. The maximum Gasteiger partial charge on any atom is 0.294 e. The Bertz CT molecular complexity index is 1230. The fraction of sp³-hybridized carbons (Fsp3) is 0.136. The number of imidazole rings is 1. The standard InChI is InChI=1S/C22H20N2O4S/c1-2-24-20-15-18(29(26,27)28)13-14-19(20)23-21(24)22(25,16-9-5-3-6-10-16)17-11-7-4-8-12-17/h3-15,25H,2H2,1H3,(H,26,27,28). The molecule has 2 N–H and O–H groups in total. The Morgan fingerprint density at radius 3 is 1.97 bits per heavy atom. The molecule has 148 valence electrons. The van der Waals surface area contributed by atoms with Crippen molar-refractivity contribution in [3.63, 3.8) is 0 Å². The van der Waals surface area contributed by atoms with Gasteiger partial charge in [0, 0.05) is 6.54 Å². The van der Waals surface area contributed by atoms with Gasteiger partial charge in [0.05, 0.1) is 15.9 Å². The van der Waals surface area contributed by atoms with Crippen molar-refractivity contribution in [2.24, 2.45) is 0 Å². The van der Waals surface area contributed by atoms with Crippen LogP contribution in [0.4, 0.5) is 0 Å². The number of aromatic nitrogens is 2. The van der Waals surface area contributed by atoms with E-state index in [1.807, 2.05) is 67.6 Å².